The van der Waals surface area contributed by atoms with Crippen LogP contribution in [-0.4, -0.2) is 27.2 Å². The second-order valence-electron chi connectivity index (χ2n) is 3.14. The van der Waals surface area contributed by atoms with Gasteiger partial charge in [0.05, 0.1) is 12.0 Å². The van der Waals surface area contributed by atoms with Gasteiger partial charge in [0.25, 0.3) is 0 Å². The second-order valence-corrected chi connectivity index (χ2v) is 4.02. The van der Waals surface area contributed by atoms with Crippen LogP contribution in [-0.2, 0) is 9.53 Å². The lowest BCUT2D eigenvalue weighted by molar-refractivity contribution is -0.165. The first-order valence-corrected chi connectivity index (χ1v) is 5.04. The molecule has 0 unspecified atom stereocenters. The Morgan fingerprint density at radius 1 is 1.91 bits per heavy atom. The van der Waals surface area contributed by atoms with Crippen molar-refractivity contribution in [2.24, 2.45) is 0 Å². The van der Waals surface area contributed by atoms with Crippen molar-refractivity contribution in [3.05, 3.63) is 0 Å². The van der Waals surface area contributed by atoms with E-state index in [1.165, 1.54) is 0 Å². The number of carbonyl (C=O) groups is 1. The van der Waals surface area contributed by atoms with Gasteiger partial charge in [-0.15, -0.1) is 0 Å². The average Bonchev–Trinajstić information content (AvgIpc) is 1.83. The lowest BCUT2D eigenvalue weighted by Crippen LogP contribution is -2.41. The van der Waals surface area contributed by atoms with Crippen LogP contribution in [0, 0.1) is 0 Å². The number of aliphatic hydroxyl groups is 1. The Balaban J connectivity index is 2.58. The van der Waals surface area contributed by atoms with Gasteiger partial charge in [0.2, 0.25) is 0 Å². The molecule has 1 heterocycles. The predicted octanol–water partition coefficient (Wildman–Crippen LogP) is 0.878. The van der Waals surface area contributed by atoms with E-state index in [2.05, 4.69) is 22.6 Å². The number of cyclic esters (lactones) is 1. The number of hydrogen-bond acceptors (Lipinski definition) is 3. The maximum absolute atomic E-state index is 10.9. The molecule has 1 aliphatic rings. The van der Waals surface area contributed by atoms with Crippen molar-refractivity contribution in [1.82, 2.24) is 0 Å². The zero-order valence-corrected chi connectivity index (χ0v) is 8.50. The van der Waals surface area contributed by atoms with Crippen molar-refractivity contribution in [2.75, 3.05) is 4.43 Å². The summed E-state index contributed by atoms with van der Waals surface area (Å²) in [6.45, 7) is 1.67. The summed E-state index contributed by atoms with van der Waals surface area (Å²) in [5, 5.41) is 9.54. The van der Waals surface area contributed by atoms with E-state index in [4.69, 9.17) is 4.74 Å². The Bertz CT molecular complexity index is 167. The molecule has 1 N–H and O–H groups in total. The molecule has 0 aliphatic carbocycles. The molecule has 1 saturated heterocycles. The molecule has 1 fully saturated rings. The summed E-state index contributed by atoms with van der Waals surface area (Å²) in [5.41, 5.74) is -0.856. The molecular weight excluding hydrogens is 259 g/mol. The SMILES string of the molecule is C[C@]1(O)CC(=O)O[C@H](CI)C1. The highest BCUT2D eigenvalue weighted by Gasteiger charge is 2.35. The van der Waals surface area contributed by atoms with Gasteiger partial charge in [-0.25, -0.2) is 0 Å². The fraction of sp³-hybridized carbons (Fsp3) is 0.857. The summed E-state index contributed by atoms with van der Waals surface area (Å²) in [6, 6.07) is 0. The normalized spacial score (nSPS) is 38.5. The smallest absolute Gasteiger partial charge is 0.309 e. The van der Waals surface area contributed by atoms with E-state index in [1.807, 2.05) is 0 Å². The number of esters is 1. The van der Waals surface area contributed by atoms with Crippen molar-refractivity contribution < 1.29 is 14.6 Å². The molecule has 64 valence electrons. The summed E-state index contributed by atoms with van der Waals surface area (Å²) in [6.07, 6.45) is 0.578. The summed E-state index contributed by atoms with van der Waals surface area (Å²) in [4.78, 5) is 10.9. The highest BCUT2D eigenvalue weighted by Crippen LogP contribution is 2.25. The lowest BCUT2D eigenvalue weighted by atomic mass is 9.93. The molecule has 2 atom stereocenters. The molecule has 1 aliphatic heterocycles. The van der Waals surface area contributed by atoms with Crippen LogP contribution in [0.2, 0.25) is 0 Å². The molecule has 0 aromatic rings. The first-order chi connectivity index (χ1) is 5.03. The number of alkyl halides is 1. The highest BCUT2D eigenvalue weighted by atomic mass is 127. The molecule has 3 nitrogen and oxygen atoms in total. The van der Waals surface area contributed by atoms with Gasteiger partial charge in [0.1, 0.15) is 6.10 Å². The maximum atomic E-state index is 10.9. The Hall–Kier alpha value is 0.160. The molecule has 4 heteroatoms. The zero-order chi connectivity index (χ0) is 8.48. The molecule has 0 saturated carbocycles. The largest absolute Gasteiger partial charge is 0.461 e. The molecule has 0 radical (unpaired) electrons. The number of hydrogen-bond donors (Lipinski definition) is 1. The van der Waals surface area contributed by atoms with Gasteiger partial charge in [0, 0.05) is 10.8 Å². The van der Waals surface area contributed by atoms with Crippen LogP contribution in [0.1, 0.15) is 19.8 Å². The number of halogens is 1. The standard InChI is InChI=1S/C7H11IO3/c1-7(10)2-5(4-8)11-6(9)3-7/h5,10H,2-4H2,1H3/t5-,7+/m0/s1. The van der Waals surface area contributed by atoms with Gasteiger partial charge in [0.15, 0.2) is 0 Å². The van der Waals surface area contributed by atoms with Crippen molar-refractivity contribution in [1.29, 1.82) is 0 Å². The van der Waals surface area contributed by atoms with Crippen LogP contribution in [0.4, 0.5) is 0 Å². The molecule has 0 aromatic carbocycles. The van der Waals surface area contributed by atoms with Gasteiger partial charge in [-0.1, -0.05) is 22.6 Å². The van der Waals surface area contributed by atoms with Crippen molar-refractivity contribution in [3.8, 4) is 0 Å². The molecule has 1 rings (SSSR count). The van der Waals surface area contributed by atoms with E-state index in [0.717, 1.165) is 4.43 Å². The minimum Gasteiger partial charge on any atom is -0.461 e. The van der Waals surface area contributed by atoms with Crippen LogP contribution < -0.4 is 0 Å². The van der Waals surface area contributed by atoms with Crippen LogP contribution >= 0.6 is 22.6 Å². The monoisotopic (exact) mass is 270 g/mol. The Morgan fingerprint density at radius 2 is 2.55 bits per heavy atom. The first kappa shape index (κ1) is 9.25. The number of rotatable bonds is 1. The number of ether oxygens (including phenoxy) is 1. The van der Waals surface area contributed by atoms with E-state index in [-0.39, 0.29) is 18.5 Å². The molecular formula is C7H11IO3. The van der Waals surface area contributed by atoms with Gasteiger partial charge >= 0.3 is 5.97 Å². The predicted molar refractivity (Wildman–Crippen MR) is 48.6 cm³/mol. The van der Waals surface area contributed by atoms with E-state index in [1.54, 1.807) is 6.92 Å². The molecule has 0 aromatic heterocycles. The van der Waals surface area contributed by atoms with Crippen molar-refractivity contribution >= 4 is 28.6 Å². The van der Waals surface area contributed by atoms with Crippen LogP contribution in [0.15, 0.2) is 0 Å². The fourth-order valence-corrected chi connectivity index (χ4v) is 1.72. The fourth-order valence-electron chi connectivity index (χ4n) is 1.23. The van der Waals surface area contributed by atoms with Gasteiger partial charge in [-0.05, 0) is 6.92 Å². The summed E-state index contributed by atoms with van der Waals surface area (Å²) in [7, 11) is 0. The summed E-state index contributed by atoms with van der Waals surface area (Å²) < 4.78 is 5.71. The van der Waals surface area contributed by atoms with E-state index < -0.39 is 5.60 Å². The van der Waals surface area contributed by atoms with Crippen molar-refractivity contribution in [3.63, 3.8) is 0 Å². The molecule has 11 heavy (non-hydrogen) atoms. The number of carbonyl (C=O) groups excluding carboxylic acids is 1. The van der Waals surface area contributed by atoms with E-state index >= 15 is 0 Å². The van der Waals surface area contributed by atoms with Crippen LogP contribution in [0.3, 0.4) is 0 Å². The van der Waals surface area contributed by atoms with Crippen molar-refractivity contribution in [2.45, 2.75) is 31.5 Å². The first-order valence-electron chi connectivity index (χ1n) is 3.51. The quantitative estimate of drug-likeness (QED) is 0.437. The van der Waals surface area contributed by atoms with E-state index in [9.17, 15) is 9.90 Å². The van der Waals surface area contributed by atoms with Gasteiger partial charge in [-0.3, -0.25) is 4.79 Å². The lowest BCUT2D eigenvalue weighted by Gasteiger charge is -2.32. The Kier molecular flexibility index (Phi) is 2.74. The van der Waals surface area contributed by atoms with Crippen LogP contribution in [0.5, 0.6) is 0 Å². The average molecular weight is 270 g/mol. The minimum atomic E-state index is -0.856. The maximum Gasteiger partial charge on any atom is 0.309 e. The highest BCUT2D eigenvalue weighted by molar-refractivity contribution is 14.1. The molecule has 0 amide bonds. The zero-order valence-electron chi connectivity index (χ0n) is 6.34. The van der Waals surface area contributed by atoms with Gasteiger partial charge < -0.3 is 9.84 Å². The molecule has 0 spiro atoms. The minimum absolute atomic E-state index is 0.105. The summed E-state index contributed by atoms with van der Waals surface area (Å²) in [5.74, 6) is -0.289. The Morgan fingerprint density at radius 3 is 3.00 bits per heavy atom. The van der Waals surface area contributed by atoms with E-state index in [0.29, 0.717) is 6.42 Å². The van der Waals surface area contributed by atoms with Gasteiger partial charge in [-0.2, -0.15) is 0 Å². The third-order valence-corrected chi connectivity index (χ3v) is 2.65. The summed E-state index contributed by atoms with van der Waals surface area (Å²) >= 11 is 2.15. The Labute approximate surface area is 79.3 Å². The van der Waals surface area contributed by atoms with Crippen LogP contribution in [0.25, 0.3) is 0 Å². The third-order valence-electron chi connectivity index (χ3n) is 1.66. The topological polar surface area (TPSA) is 46.5 Å². The molecule has 0 bridgehead atoms. The second kappa shape index (κ2) is 3.26. The third kappa shape index (κ3) is 2.59.